The van der Waals surface area contributed by atoms with Gasteiger partial charge in [0.1, 0.15) is 0 Å². The average Bonchev–Trinajstić information content (AvgIpc) is 2.89. The summed E-state index contributed by atoms with van der Waals surface area (Å²) in [4.78, 5) is 5.36. The normalized spacial score (nSPS) is 10.4. The van der Waals surface area contributed by atoms with Crippen molar-refractivity contribution in [1.82, 2.24) is 4.98 Å². The number of aromatic nitrogens is 1. The number of benzene rings is 1. The zero-order chi connectivity index (χ0) is 13.9. The first-order valence-corrected chi connectivity index (χ1v) is 7.25. The number of hydrogen-bond acceptors (Lipinski definition) is 4. The number of nitrogen functional groups attached to an aromatic ring is 1. The molecule has 0 spiro atoms. The van der Waals surface area contributed by atoms with E-state index in [1.807, 2.05) is 36.4 Å². The van der Waals surface area contributed by atoms with Crippen LogP contribution in [0.15, 0.2) is 54.7 Å². The lowest BCUT2D eigenvalue weighted by molar-refractivity contribution is 1.31. The fraction of sp³-hybridized carbons (Fsp3) is 0. The fourth-order valence-electron chi connectivity index (χ4n) is 1.88. The van der Waals surface area contributed by atoms with Gasteiger partial charge in [-0.2, -0.15) is 0 Å². The third kappa shape index (κ3) is 2.76. The topological polar surface area (TPSA) is 50.9 Å². The minimum absolute atomic E-state index is 0.622. The Labute approximate surface area is 126 Å². The van der Waals surface area contributed by atoms with Crippen LogP contribution in [0.2, 0.25) is 4.34 Å². The number of anilines is 3. The van der Waals surface area contributed by atoms with Crippen LogP contribution in [0.25, 0.3) is 10.4 Å². The zero-order valence-electron chi connectivity index (χ0n) is 10.5. The predicted octanol–water partition coefficient (Wildman–Crippen LogP) is 4.79. The van der Waals surface area contributed by atoms with Gasteiger partial charge in [0.25, 0.3) is 0 Å². The molecule has 3 nitrogen and oxygen atoms in total. The van der Waals surface area contributed by atoms with E-state index in [1.54, 1.807) is 17.5 Å². The van der Waals surface area contributed by atoms with E-state index in [-0.39, 0.29) is 0 Å². The van der Waals surface area contributed by atoms with Crippen LogP contribution in [0, 0.1) is 0 Å². The Morgan fingerprint density at radius 1 is 1.10 bits per heavy atom. The summed E-state index contributed by atoms with van der Waals surface area (Å²) >= 11 is 7.53. The average molecular weight is 302 g/mol. The quantitative estimate of drug-likeness (QED) is 0.731. The molecule has 1 aromatic carbocycles. The smallest absolute Gasteiger partial charge is 0.153 e. The summed E-state index contributed by atoms with van der Waals surface area (Å²) in [5.41, 5.74) is 8.56. The second-order valence-corrected chi connectivity index (χ2v) is 5.97. The Hall–Kier alpha value is -2.04. The van der Waals surface area contributed by atoms with E-state index >= 15 is 0 Å². The maximum atomic E-state index is 5.98. The Balaban J connectivity index is 1.90. The van der Waals surface area contributed by atoms with E-state index in [9.17, 15) is 0 Å². The molecule has 0 saturated heterocycles. The number of rotatable bonds is 3. The first-order chi connectivity index (χ1) is 9.72. The fourth-order valence-corrected chi connectivity index (χ4v) is 2.92. The van der Waals surface area contributed by atoms with Crippen molar-refractivity contribution >= 4 is 40.1 Å². The number of thiophene rings is 1. The minimum atomic E-state index is 0.622. The summed E-state index contributed by atoms with van der Waals surface area (Å²) in [5.74, 6) is 0.661. The van der Waals surface area contributed by atoms with Gasteiger partial charge in [-0.25, -0.2) is 4.98 Å². The molecule has 3 aromatic rings. The van der Waals surface area contributed by atoms with Crippen molar-refractivity contribution in [2.45, 2.75) is 0 Å². The van der Waals surface area contributed by atoms with E-state index in [0.29, 0.717) is 11.5 Å². The molecule has 3 N–H and O–H groups in total. The maximum Gasteiger partial charge on any atom is 0.153 e. The van der Waals surface area contributed by atoms with E-state index < -0.39 is 0 Å². The number of halogens is 1. The number of pyridine rings is 1. The molecule has 0 saturated carbocycles. The first-order valence-electron chi connectivity index (χ1n) is 6.06. The van der Waals surface area contributed by atoms with Gasteiger partial charge in [0, 0.05) is 16.8 Å². The monoisotopic (exact) mass is 301 g/mol. The molecule has 0 fully saturated rings. The van der Waals surface area contributed by atoms with E-state index in [0.717, 1.165) is 20.5 Å². The number of hydrogen-bond donors (Lipinski definition) is 2. The van der Waals surface area contributed by atoms with E-state index in [2.05, 4.69) is 22.4 Å². The van der Waals surface area contributed by atoms with Gasteiger partial charge in [-0.3, -0.25) is 0 Å². The summed E-state index contributed by atoms with van der Waals surface area (Å²) in [7, 11) is 0. The minimum Gasteiger partial charge on any atom is -0.396 e. The molecule has 20 heavy (non-hydrogen) atoms. The van der Waals surface area contributed by atoms with Gasteiger partial charge in [0.2, 0.25) is 0 Å². The van der Waals surface area contributed by atoms with Crippen LogP contribution in [-0.2, 0) is 0 Å². The number of nitrogens with zero attached hydrogens (tertiary/aromatic N) is 1. The molecule has 0 atom stereocenters. The molecule has 2 aromatic heterocycles. The van der Waals surface area contributed by atoms with Crippen molar-refractivity contribution < 1.29 is 0 Å². The SMILES string of the molecule is Nc1cccnc1Nc1cccc(-c2ccc(Cl)s2)c1. The standard InChI is InChI=1S/C15H12ClN3S/c16-14-7-6-13(20-14)10-3-1-4-11(9-10)19-15-12(17)5-2-8-18-15/h1-9H,17H2,(H,18,19). The first kappa shape index (κ1) is 13.0. The third-order valence-corrected chi connectivity index (χ3v) is 4.10. The van der Waals surface area contributed by atoms with Gasteiger partial charge in [-0.15, -0.1) is 11.3 Å². The molecule has 100 valence electrons. The molecular formula is C15H12ClN3S. The molecule has 0 bridgehead atoms. The van der Waals surface area contributed by atoms with Crippen molar-refractivity contribution in [1.29, 1.82) is 0 Å². The number of nitrogens with two attached hydrogens (primary N) is 1. The van der Waals surface area contributed by atoms with Crippen molar-refractivity contribution in [3.8, 4) is 10.4 Å². The van der Waals surface area contributed by atoms with Crippen LogP contribution in [0.1, 0.15) is 0 Å². The van der Waals surface area contributed by atoms with Crippen molar-refractivity contribution in [2.75, 3.05) is 11.1 Å². The molecule has 0 amide bonds. The summed E-state index contributed by atoms with van der Waals surface area (Å²) in [5, 5.41) is 3.22. The van der Waals surface area contributed by atoms with E-state index in [4.69, 9.17) is 17.3 Å². The largest absolute Gasteiger partial charge is 0.396 e. The predicted molar refractivity (Wildman–Crippen MR) is 86.7 cm³/mol. The van der Waals surface area contributed by atoms with Crippen LogP contribution in [-0.4, -0.2) is 4.98 Å². The summed E-state index contributed by atoms with van der Waals surface area (Å²) in [6, 6.07) is 15.6. The lowest BCUT2D eigenvalue weighted by atomic mass is 10.1. The molecule has 0 aliphatic rings. The van der Waals surface area contributed by atoms with Gasteiger partial charge in [0.15, 0.2) is 5.82 Å². The molecule has 0 aliphatic carbocycles. The highest BCUT2D eigenvalue weighted by Gasteiger charge is 2.04. The molecular weight excluding hydrogens is 290 g/mol. The van der Waals surface area contributed by atoms with Crippen molar-refractivity contribution in [3.63, 3.8) is 0 Å². The lowest BCUT2D eigenvalue weighted by Crippen LogP contribution is -1.98. The number of nitrogens with one attached hydrogen (secondary N) is 1. The van der Waals surface area contributed by atoms with Crippen molar-refractivity contribution in [2.24, 2.45) is 0 Å². The Kier molecular flexibility index (Phi) is 3.58. The highest BCUT2D eigenvalue weighted by atomic mass is 35.5. The summed E-state index contributed by atoms with van der Waals surface area (Å²) in [6.45, 7) is 0. The second kappa shape index (κ2) is 5.53. The van der Waals surface area contributed by atoms with Gasteiger partial charge in [-0.05, 0) is 42.0 Å². The van der Waals surface area contributed by atoms with Gasteiger partial charge >= 0.3 is 0 Å². The summed E-state index contributed by atoms with van der Waals surface area (Å²) in [6.07, 6.45) is 1.71. The Bertz CT molecular complexity index is 739. The van der Waals surface area contributed by atoms with Gasteiger partial charge < -0.3 is 11.1 Å². The molecule has 0 aliphatic heterocycles. The molecule has 5 heteroatoms. The third-order valence-electron chi connectivity index (χ3n) is 2.82. The zero-order valence-corrected chi connectivity index (χ0v) is 12.1. The van der Waals surface area contributed by atoms with Gasteiger partial charge in [-0.1, -0.05) is 23.7 Å². The van der Waals surface area contributed by atoms with Crippen LogP contribution >= 0.6 is 22.9 Å². The van der Waals surface area contributed by atoms with Crippen LogP contribution in [0.5, 0.6) is 0 Å². The highest BCUT2D eigenvalue weighted by Crippen LogP contribution is 2.32. The molecule has 0 unspecified atom stereocenters. The summed E-state index contributed by atoms with van der Waals surface area (Å²) < 4.78 is 0.785. The Morgan fingerprint density at radius 3 is 2.75 bits per heavy atom. The van der Waals surface area contributed by atoms with Crippen LogP contribution < -0.4 is 11.1 Å². The van der Waals surface area contributed by atoms with Crippen LogP contribution in [0.3, 0.4) is 0 Å². The molecule has 3 rings (SSSR count). The maximum absolute atomic E-state index is 5.98. The van der Waals surface area contributed by atoms with Crippen molar-refractivity contribution in [3.05, 3.63) is 59.1 Å². The molecule has 2 heterocycles. The van der Waals surface area contributed by atoms with E-state index in [1.165, 1.54) is 0 Å². The van der Waals surface area contributed by atoms with Crippen LogP contribution in [0.4, 0.5) is 17.2 Å². The Morgan fingerprint density at radius 2 is 2.00 bits per heavy atom. The highest BCUT2D eigenvalue weighted by molar-refractivity contribution is 7.19. The lowest BCUT2D eigenvalue weighted by Gasteiger charge is -2.08. The molecule has 0 radical (unpaired) electrons. The second-order valence-electron chi connectivity index (χ2n) is 4.25. The van der Waals surface area contributed by atoms with Gasteiger partial charge in [0.05, 0.1) is 10.0 Å².